The molecule has 1 aliphatic rings. The first kappa shape index (κ1) is 25.5. The topological polar surface area (TPSA) is 84.6 Å². The molecule has 3 rings (SSSR count). The van der Waals surface area contributed by atoms with Gasteiger partial charge in [0.1, 0.15) is 0 Å². The molecular weight excluding hydrogens is 503 g/mol. The maximum Gasteiger partial charge on any atom is 0.234 e. The fourth-order valence-corrected chi connectivity index (χ4v) is 3.97. The molecule has 0 atom stereocenters. The van der Waals surface area contributed by atoms with Crippen molar-refractivity contribution in [3.63, 3.8) is 0 Å². The average molecular weight is 540 g/mol. The summed E-state index contributed by atoms with van der Waals surface area (Å²) in [6.45, 7) is 6.10. The van der Waals surface area contributed by atoms with Gasteiger partial charge in [-0.25, -0.2) is 0 Å². The van der Waals surface area contributed by atoms with Gasteiger partial charge in [-0.15, -0.1) is 24.0 Å². The van der Waals surface area contributed by atoms with Crippen LogP contribution in [-0.4, -0.2) is 67.6 Å². The monoisotopic (exact) mass is 540 g/mol. The molecule has 7 nitrogen and oxygen atoms in total. The van der Waals surface area contributed by atoms with Crippen LogP contribution in [0.25, 0.3) is 10.9 Å². The standard InChI is InChI=1S/C23H36N6O.HI/c1-3-12-25-22(30)17-29-14-10-19(11-15-29)28-23(24-2)26-13-6-7-18-16-27-21-9-5-4-8-20(18)21;/h4-5,8-9,16,19,27H,3,6-7,10-15,17H2,1-2H3,(H,25,30)(H2,24,26,28);1H. The summed E-state index contributed by atoms with van der Waals surface area (Å²) in [5, 5.41) is 11.3. The number of nitrogens with zero attached hydrogens (tertiary/aromatic N) is 2. The van der Waals surface area contributed by atoms with Crippen LogP contribution in [0.15, 0.2) is 35.5 Å². The maximum absolute atomic E-state index is 11.9. The van der Waals surface area contributed by atoms with Gasteiger partial charge in [-0.2, -0.15) is 0 Å². The van der Waals surface area contributed by atoms with Gasteiger partial charge in [-0.1, -0.05) is 25.1 Å². The number of likely N-dealkylation sites (tertiary alicyclic amines) is 1. The number of aromatic amines is 1. The number of aromatic nitrogens is 1. The van der Waals surface area contributed by atoms with E-state index in [0.717, 1.165) is 64.2 Å². The van der Waals surface area contributed by atoms with E-state index in [1.807, 2.05) is 7.05 Å². The van der Waals surface area contributed by atoms with Gasteiger partial charge in [0, 0.05) is 56.4 Å². The number of carbonyl (C=O) groups is 1. The molecule has 4 N–H and O–H groups in total. The summed E-state index contributed by atoms with van der Waals surface area (Å²) < 4.78 is 0. The Hall–Kier alpha value is -1.81. The zero-order valence-electron chi connectivity index (χ0n) is 18.7. The van der Waals surface area contributed by atoms with Crippen molar-refractivity contribution < 1.29 is 4.79 Å². The van der Waals surface area contributed by atoms with Crippen molar-refractivity contribution in [2.24, 2.45) is 4.99 Å². The van der Waals surface area contributed by atoms with Crippen LogP contribution in [0.2, 0.25) is 0 Å². The normalized spacial score (nSPS) is 15.5. The summed E-state index contributed by atoms with van der Waals surface area (Å²) in [7, 11) is 1.82. The molecule has 1 fully saturated rings. The third-order valence-electron chi connectivity index (χ3n) is 5.68. The van der Waals surface area contributed by atoms with Crippen molar-refractivity contribution >= 4 is 46.7 Å². The molecule has 0 saturated carbocycles. The predicted molar refractivity (Wildman–Crippen MR) is 139 cm³/mol. The lowest BCUT2D eigenvalue weighted by Gasteiger charge is -2.32. The van der Waals surface area contributed by atoms with E-state index in [0.29, 0.717) is 12.6 Å². The zero-order chi connectivity index (χ0) is 21.2. The van der Waals surface area contributed by atoms with Crippen LogP contribution in [0.5, 0.6) is 0 Å². The van der Waals surface area contributed by atoms with Crippen molar-refractivity contribution in [2.75, 3.05) is 39.8 Å². The van der Waals surface area contributed by atoms with Crippen LogP contribution >= 0.6 is 24.0 Å². The van der Waals surface area contributed by atoms with Gasteiger partial charge >= 0.3 is 0 Å². The van der Waals surface area contributed by atoms with Crippen LogP contribution in [0.4, 0.5) is 0 Å². The third-order valence-corrected chi connectivity index (χ3v) is 5.68. The highest BCUT2D eigenvalue weighted by Crippen LogP contribution is 2.18. The van der Waals surface area contributed by atoms with Gasteiger partial charge in [0.25, 0.3) is 0 Å². The molecule has 0 aliphatic carbocycles. The minimum atomic E-state index is 0. The number of fused-ring (bicyclic) bond motifs is 1. The lowest BCUT2D eigenvalue weighted by Crippen LogP contribution is -2.50. The minimum absolute atomic E-state index is 0. The van der Waals surface area contributed by atoms with Crippen molar-refractivity contribution in [3.8, 4) is 0 Å². The molecule has 1 aliphatic heterocycles. The van der Waals surface area contributed by atoms with E-state index in [1.165, 1.54) is 16.5 Å². The highest BCUT2D eigenvalue weighted by molar-refractivity contribution is 14.0. The number of aryl methyl sites for hydroxylation is 1. The van der Waals surface area contributed by atoms with E-state index >= 15 is 0 Å². The van der Waals surface area contributed by atoms with E-state index in [-0.39, 0.29) is 29.9 Å². The predicted octanol–water partition coefficient (Wildman–Crippen LogP) is 2.87. The first-order valence-corrected chi connectivity index (χ1v) is 11.2. The van der Waals surface area contributed by atoms with Crippen molar-refractivity contribution in [1.29, 1.82) is 0 Å². The van der Waals surface area contributed by atoms with Crippen molar-refractivity contribution in [1.82, 2.24) is 25.8 Å². The first-order chi connectivity index (χ1) is 14.7. The fraction of sp³-hybridized carbons (Fsp3) is 0.565. The van der Waals surface area contributed by atoms with E-state index in [2.05, 4.69) is 68.2 Å². The number of benzene rings is 1. The number of aliphatic imine (C=N–C) groups is 1. The Morgan fingerprint density at radius 3 is 2.71 bits per heavy atom. The summed E-state index contributed by atoms with van der Waals surface area (Å²) in [4.78, 5) is 21.8. The average Bonchev–Trinajstić information content (AvgIpc) is 3.18. The number of H-pyrrole nitrogens is 1. The first-order valence-electron chi connectivity index (χ1n) is 11.2. The van der Waals surface area contributed by atoms with Crippen LogP contribution < -0.4 is 16.0 Å². The zero-order valence-corrected chi connectivity index (χ0v) is 21.1. The van der Waals surface area contributed by atoms with Gasteiger partial charge in [0.05, 0.1) is 6.54 Å². The molecule has 8 heteroatoms. The lowest BCUT2D eigenvalue weighted by atomic mass is 10.1. The maximum atomic E-state index is 11.9. The molecule has 1 amide bonds. The van der Waals surface area contributed by atoms with Gasteiger partial charge in [-0.05, 0) is 43.7 Å². The highest BCUT2D eigenvalue weighted by atomic mass is 127. The van der Waals surface area contributed by atoms with Crippen LogP contribution in [-0.2, 0) is 11.2 Å². The number of amides is 1. The molecule has 1 aromatic carbocycles. The Kier molecular flexibility index (Phi) is 11.1. The quantitative estimate of drug-likeness (QED) is 0.171. The summed E-state index contributed by atoms with van der Waals surface area (Å²) in [5.41, 5.74) is 2.57. The van der Waals surface area contributed by atoms with E-state index < -0.39 is 0 Å². The Morgan fingerprint density at radius 2 is 1.97 bits per heavy atom. The molecule has 0 unspecified atom stereocenters. The Bertz CT molecular complexity index is 828. The molecule has 31 heavy (non-hydrogen) atoms. The van der Waals surface area contributed by atoms with E-state index in [9.17, 15) is 4.79 Å². The molecular formula is C23H37IN6O. The van der Waals surface area contributed by atoms with Crippen LogP contribution in [0.1, 0.15) is 38.2 Å². The lowest BCUT2D eigenvalue weighted by molar-refractivity contribution is -0.122. The number of para-hydroxylation sites is 1. The second kappa shape index (κ2) is 13.6. The Labute approximate surface area is 202 Å². The van der Waals surface area contributed by atoms with E-state index in [1.54, 1.807) is 0 Å². The number of halogens is 1. The van der Waals surface area contributed by atoms with Gasteiger partial charge in [-0.3, -0.25) is 14.7 Å². The number of hydrogen-bond donors (Lipinski definition) is 4. The van der Waals surface area contributed by atoms with Crippen molar-refractivity contribution in [3.05, 3.63) is 36.0 Å². The summed E-state index contributed by atoms with van der Waals surface area (Å²) in [6.07, 6.45) is 7.23. The van der Waals surface area contributed by atoms with Gasteiger partial charge in [0.2, 0.25) is 5.91 Å². The van der Waals surface area contributed by atoms with Crippen LogP contribution in [0, 0.1) is 0 Å². The molecule has 0 bridgehead atoms. The van der Waals surface area contributed by atoms with Gasteiger partial charge < -0.3 is 20.9 Å². The third kappa shape index (κ3) is 7.99. The smallest absolute Gasteiger partial charge is 0.234 e. The number of guanidine groups is 1. The molecule has 2 aromatic rings. The molecule has 1 aromatic heterocycles. The molecule has 172 valence electrons. The number of nitrogens with one attached hydrogen (secondary N) is 4. The highest BCUT2D eigenvalue weighted by Gasteiger charge is 2.21. The fourth-order valence-electron chi connectivity index (χ4n) is 3.97. The minimum Gasteiger partial charge on any atom is -0.361 e. The Morgan fingerprint density at radius 1 is 1.19 bits per heavy atom. The van der Waals surface area contributed by atoms with E-state index in [4.69, 9.17) is 0 Å². The molecule has 0 spiro atoms. The van der Waals surface area contributed by atoms with Gasteiger partial charge in [0.15, 0.2) is 5.96 Å². The second-order valence-corrected chi connectivity index (χ2v) is 8.01. The molecule has 1 saturated heterocycles. The molecule has 2 heterocycles. The number of carbonyl (C=O) groups excluding carboxylic acids is 1. The summed E-state index contributed by atoms with van der Waals surface area (Å²) in [5.74, 6) is 1.00. The van der Waals surface area contributed by atoms with Crippen LogP contribution in [0.3, 0.4) is 0 Å². The second-order valence-electron chi connectivity index (χ2n) is 8.01. The number of rotatable bonds is 9. The number of hydrogen-bond acceptors (Lipinski definition) is 3. The Balaban J connectivity index is 0.00000341. The largest absolute Gasteiger partial charge is 0.361 e. The molecule has 0 radical (unpaired) electrons. The summed E-state index contributed by atoms with van der Waals surface area (Å²) >= 11 is 0. The number of piperidine rings is 1. The SMILES string of the molecule is CCCNC(=O)CN1CCC(NC(=NC)NCCCc2c[nH]c3ccccc23)CC1.I. The summed E-state index contributed by atoms with van der Waals surface area (Å²) in [6, 6.07) is 8.85. The van der Waals surface area contributed by atoms with Crippen molar-refractivity contribution in [2.45, 2.75) is 45.1 Å².